The molecule has 4 aromatic carbocycles. The number of hydrogen-bond donors (Lipinski definition) is 1. The van der Waals surface area contributed by atoms with Crippen LogP contribution in [0, 0.1) is 12.8 Å². The minimum absolute atomic E-state index is 0.354. The molecule has 5 rings (SSSR count). The van der Waals surface area contributed by atoms with Crippen LogP contribution in [0.25, 0.3) is 10.8 Å². The summed E-state index contributed by atoms with van der Waals surface area (Å²) in [4.78, 5) is 2.52. The molecule has 1 aliphatic heterocycles. The van der Waals surface area contributed by atoms with Gasteiger partial charge in [0.25, 0.3) is 0 Å². The molecule has 1 N–H and O–H groups in total. The van der Waals surface area contributed by atoms with Crippen LogP contribution in [-0.4, -0.2) is 13.1 Å². The third-order valence-corrected chi connectivity index (χ3v) is 7.11. The molecule has 1 unspecified atom stereocenters. The van der Waals surface area contributed by atoms with Crippen LogP contribution in [0.4, 0.5) is 11.4 Å². The monoisotopic (exact) mass is 434 g/mol. The van der Waals surface area contributed by atoms with Crippen LogP contribution in [-0.2, 0) is 6.42 Å². The van der Waals surface area contributed by atoms with Crippen molar-refractivity contribution in [3.05, 3.63) is 108 Å². The summed E-state index contributed by atoms with van der Waals surface area (Å²) in [5.41, 5.74) is 6.87. The highest BCUT2D eigenvalue weighted by Gasteiger charge is 2.25. The van der Waals surface area contributed by atoms with Gasteiger partial charge in [0, 0.05) is 24.0 Å². The highest BCUT2D eigenvalue weighted by Crippen LogP contribution is 2.36. The molecule has 2 atom stereocenters. The number of nitrogens with one attached hydrogen (secondary N) is 1. The predicted octanol–water partition coefficient (Wildman–Crippen LogP) is 7.59. The maximum Gasteiger partial charge on any atom is 0.0443 e. The maximum absolute atomic E-state index is 3.79. The number of nitrogens with zero attached hydrogens (tertiary/aromatic N) is 1. The van der Waals surface area contributed by atoms with Gasteiger partial charge in [-0.3, -0.25) is 0 Å². The first-order chi connectivity index (χ1) is 16.2. The van der Waals surface area contributed by atoms with Gasteiger partial charge in [0.15, 0.2) is 0 Å². The quantitative estimate of drug-likeness (QED) is 0.301. The van der Waals surface area contributed by atoms with E-state index >= 15 is 0 Å². The molecule has 0 amide bonds. The highest BCUT2D eigenvalue weighted by molar-refractivity contribution is 5.86. The normalized spacial score (nSPS) is 16.5. The molecule has 168 valence electrons. The molecule has 0 saturated heterocycles. The Morgan fingerprint density at radius 1 is 0.879 bits per heavy atom. The van der Waals surface area contributed by atoms with Crippen molar-refractivity contribution in [2.75, 3.05) is 18.0 Å². The largest absolute Gasteiger partial charge is 0.341 e. The molecule has 0 aliphatic carbocycles. The van der Waals surface area contributed by atoms with Gasteiger partial charge in [0.2, 0.25) is 0 Å². The molecule has 0 aromatic heterocycles. The van der Waals surface area contributed by atoms with Gasteiger partial charge in [0.1, 0.15) is 0 Å². The molecule has 1 aliphatic rings. The molecule has 2 heteroatoms. The summed E-state index contributed by atoms with van der Waals surface area (Å²) in [5, 5.41) is 6.46. The van der Waals surface area contributed by atoms with Crippen molar-refractivity contribution in [2.45, 2.75) is 39.2 Å². The van der Waals surface area contributed by atoms with Gasteiger partial charge in [-0.15, -0.1) is 0 Å². The molecule has 0 saturated carbocycles. The summed E-state index contributed by atoms with van der Waals surface area (Å²) >= 11 is 0. The van der Waals surface area contributed by atoms with E-state index in [2.05, 4.69) is 115 Å². The van der Waals surface area contributed by atoms with Crippen molar-refractivity contribution in [1.29, 1.82) is 0 Å². The maximum atomic E-state index is 3.79. The first kappa shape index (κ1) is 21.7. The minimum Gasteiger partial charge on any atom is -0.341 e. The van der Waals surface area contributed by atoms with Gasteiger partial charge in [-0.05, 0) is 85.7 Å². The van der Waals surface area contributed by atoms with Gasteiger partial charge in [-0.25, -0.2) is 0 Å². The van der Waals surface area contributed by atoms with Crippen molar-refractivity contribution in [2.24, 2.45) is 5.92 Å². The van der Waals surface area contributed by atoms with Gasteiger partial charge in [0.05, 0.1) is 0 Å². The molecule has 0 spiro atoms. The van der Waals surface area contributed by atoms with Crippen molar-refractivity contribution in [3.63, 3.8) is 0 Å². The number of anilines is 2. The van der Waals surface area contributed by atoms with E-state index in [0.717, 1.165) is 13.1 Å². The lowest BCUT2D eigenvalue weighted by molar-refractivity contribution is 0.439. The second-order valence-electron chi connectivity index (χ2n) is 9.53. The topological polar surface area (TPSA) is 15.3 Å². The zero-order chi connectivity index (χ0) is 22.6. The number of benzene rings is 4. The molecule has 4 aromatic rings. The number of para-hydroxylation sites is 1. The SMILES string of the molecule is Cc1ccc(N2CC(CCCN[C@H](C)c3cccc4ccccc34)Cc3ccccc32)cc1. The second kappa shape index (κ2) is 9.80. The first-order valence-corrected chi connectivity index (χ1v) is 12.3. The molecule has 0 radical (unpaired) electrons. The number of hydrogen-bond acceptors (Lipinski definition) is 2. The molecular formula is C31H34N2. The van der Waals surface area contributed by atoms with Gasteiger partial charge in [-0.2, -0.15) is 0 Å². The zero-order valence-electron chi connectivity index (χ0n) is 19.8. The molecule has 2 nitrogen and oxygen atoms in total. The van der Waals surface area contributed by atoms with Crippen LogP contribution >= 0.6 is 0 Å². The molecule has 0 fully saturated rings. The van der Waals surface area contributed by atoms with E-state index < -0.39 is 0 Å². The fraction of sp³-hybridized carbons (Fsp3) is 0.290. The lowest BCUT2D eigenvalue weighted by Crippen LogP contribution is -2.32. The summed E-state index contributed by atoms with van der Waals surface area (Å²) in [7, 11) is 0. The minimum atomic E-state index is 0.354. The van der Waals surface area contributed by atoms with E-state index in [1.54, 1.807) is 0 Å². The number of aryl methyl sites for hydroxylation is 1. The molecule has 0 bridgehead atoms. The van der Waals surface area contributed by atoms with E-state index in [1.165, 1.54) is 58.1 Å². The van der Waals surface area contributed by atoms with Crippen LogP contribution in [0.2, 0.25) is 0 Å². The van der Waals surface area contributed by atoms with Crippen LogP contribution in [0.1, 0.15) is 42.5 Å². The van der Waals surface area contributed by atoms with Gasteiger partial charge >= 0.3 is 0 Å². The Morgan fingerprint density at radius 2 is 1.64 bits per heavy atom. The summed E-state index contributed by atoms with van der Waals surface area (Å²) in [6, 6.07) is 33.6. The lowest BCUT2D eigenvalue weighted by Gasteiger charge is -2.36. The fourth-order valence-corrected chi connectivity index (χ4v) is 5.29. The Bertz CT molecular complexity index is 1210. The number of rotatable bonds is 7. The third-order valence-electron chi connectivity index (χ3n) is 7.11. The van der Waals surface area contributed by atoms with E-state index in [0.29, 0.717) is 12.0 Å². The summed E-state index contributed by atoms with van der Waals surface area (Å²) < 4.78 is 0. The molecule has 33 heavy (non-hydrogen) atoms. The number of fused-ring (bicyclic) bond motifs is 2. The van der Waals surface area contributed by atoms with Crippen LogP contribution in [0.15, 0.2) is 91.0 Å². The van der Waals surface area contributed by atoms with E-state index in [4.69, 9.17) is 0 Å². The first-order valence-electron chi connectivity index (χ1n) is 12.3. The average molecular weight is 435 g/mol. The van der Waals surface area contributed by atoms with Crippen LogP contribution in [0.5, 0.6) is 0 Å². The van der Waals surface area contributed by atoms with Crippen molar-refractivity contribution >= 4 is 22.1 Å². The summed E-state index contributed by atoms with van der Waals surface area (Å²) in [6.07, 6.45) is 3.62. The zero-order valence-corrected chi connectivity index (χ0v) is 19.8. The van der Waals surface area contributed by atoms with Crippen molar-refractivity contribution in [3.8, 4) is 0 Å². The van der Waals surface area contributed by atoms with Crippen LogP contribution in [0.3, 0.4) is 0 Å². The van der Waals surface area contributed by atoms with Crippen molar-refractivity contribution < 1.29 is 0 Å². The van der Waals surface area contributed by atoms with E-state index in [-0.39, 0.29) is 0 Å². The Hall–Kier alpha value is -3.10. The Morgan fingerprint density at radius 3 is 2.52 bits per heavy atom. The van der Waals surface area contributed by atoms with E-state index in [9.17, 15) is 0 Å². The van der Waals surface area contributed by atoms with Crippen molar-refractivity contribution in [1.82, 2.24) is 5.32 Å². The smallest absolute Gasteiger partial charge is 0.0443 e. The summed E-state index contributed by atoms with van der Waals surface area (Å²) in [5.74, 6) is 0.677. The molecular weight excluding hydrogens is 400 g/mol. The second-order valence-corrected chi connectivity index (χ2v) is 9.53. The van der Waals surface area contributed by atoms with Crippen LogP contribution < -0.4 is 10.2 Å². The molecule has 1 heterocycles. The highest BCUT2D eigenvalue weighted by atomic mass is 15.1. The Balaban J connectivity index is 1.22. The predicted molar refractivity (Wildman–Crippen MR) is 141 cm³/mol. The van der Waals surface area contributed by atoms with Gasteiger partial charge < -0.3 is 10.2 Å². The van der Waals surface area contributed by atoms with E-state index in [1.807, 2.05) is 0 Å². The fourth-order valence-electron chi connectivity index (χ4n) is 5.29. The van der Waals surface area contributed by atoms with Gasteiger partial charge in [-0.1, -0.05) is 78.4 Å². The third kappa shape index (κ3) is 4.82. The lowest BCUT2D eigenvalue weighted by atomic mass is 9.88. The Labute approximate surface area is 198 Å². The standard InChI is InChI=1S/C31H34N2/c1-23-16-18-28(19-17-23)33-22-25(21-27-11-4-6-15-31(27)33)9-8-20-32-24(2)29-14-7-12-26-10-3-5-13-30(26)29/h3-7,10-19,24-25,32H,8-9,20-22H2,1-2H3/t24-,25?/m1/s1. The average Bonchev–Trinajstić information content (AvgIpc) is 2.86. The Kier molecular flexibility index (Phi) is 6.46. The summed E-state index contributed by atoms with van der Waals surface area (Å²) in [6.45, 7) is 6.59.